The molecule has 1 aromatic carbocycles. The Balaban J connectivity index is 1.66. The van der Waals surface area contributed by atoms with E-state index in [1.807, 2.05) is 35.6 Å². The monoisotopic (exact) mass is 428 g/mol. The molecule has 0 bridgehead atoms. The fraction of sp³-hybridized carbons (Fsp3) is 0.478. The van der Waals surface area contributed by atoms with Gasteiger partial charge in [-0.25, -0.2) is 4.99 Å². The van der Waals surface area contributed by atoms with Crippen molar-refractivity contribution in [2.24, 2.45) is 10.7 Å². The number of nitrogens with two attached hydrogens (primary N) is 1. The Kier molecular flexibility index (Phi) is 8.13. The first-order chi connectivity index (χ1) is 14.6. The molecule has 0 spiro atoms. The fourth-order valence-corrected chi connectivity index (χ4v) is 4.96. The van der Waals surface area contributed by atoms with Crippen LogP contribution in [-0.4, -0.2) is 31.6 Å². The number of nitrogens with one attached hydrogen (secondary N) is 2. The quantitative estimate of drug-likeness (QED) is 0.421. The Morgan fingerprint density at radius 2 is 2.03 bits per heavy atom. The summed E-state index contributed by atoms with van der Waals surface area (Å²) in [6.07, 6.45) is 6.34. The molecule has 2 aromatic rings. The summed E-state index contributed by atoms with van der Waals surface area (Å²) in [5.41, 5.74) is 6.36. The largest absolute Gasteiger partial charge is 0.484 e. The van der Waals surface area contributed by atoms with Crippen LogP contribution in [0.3, 0.4) is 0 Å². The Bertz CT molecular complexity index is 829. The summed E-state index contributed by atoms with van der Waals surface area (Å²) in [7, 11) is 0. The summed E-state index contributed by atoms with van der Waals surface area (Å²) in [6, 6.07) is 12.0. The van der Waals surface area contributed by atoms with Gasteiger partial charge in [0.2, 0.25) is 0 Å². The van der Waals surface area contributed by atoms with E-state index in [-0.39, 0.29) is 12.0 Å². The summed E-state index contributed by atoms with van der Waals surface area (Å²) in [5, 5.41) is 9.14. The maximum Gasteiger partial charge on any atom is 0.255 e. The van der Waals surface area contributed by atoms with Gasteiger partial charge in [0.05, 0.1) is 6.54 Å². The predicted octanol–water partition coefficient (Wildman–Crippen LogP) is 3.57. The van der Waals surface area contributed by atoms with Crippen LogP contribution >= 0.6 is 11.3 Å². The van der Waals surface area contributed by atoms with E-state index < -0.39 is 5.91 Å². The SMILES string of the molecule is CCNC(=NCc1cccc(OCC(N)=O)c1)NCC1(c2cccs2)CCCCC1. The highest BCUT2D eigenvalue weighted by atomic mass is 32.1. The number of carbonyl (C=O) groups is 1. The summed E-state index contributed by atoms with van der Waals surface area (Å²) in [6.45, 7) is 4.17. The van der Waals surface area contributed by atoms with Gasteiger partial charge in [0, 0.05) is 23.4 Å². The van der Waals surface area contributed by atoms with Gasteiger partial charge in [0.1, 0.15) is 5.75 Å². The molecule has 1 aliphatic rings. The van der Waals surface area contributed by atoms with Gasteiger partial charge in [-0.1, -0.05) is 37.5 Å². The smallest absolute Gasteiger partial charge is 0.255 e. The molecule has 0 saturated heterocycles. The second kappa shape index (κ2) is 11.0. The first-order valence-electron chi connectivity index (χ1n) is 10.7. The minimum Gasteiger partial charge on any atom is -0.484 e. The van der Waals surface area contributed by atoms with Gasteiger partial charge in [-0.3, -0.25) is 4.79 Å². The van der Waals surface area contributed by atoms with E-state index in [1.54, 1.807) is 0 Å². The molecular weight excluding hydrogens is 396 g/mol. The molecule has 1 heterocycles. The van der Waals surface area contributed by atoms with Gasteiger partial charge in [-0.15, -0.1) is 11.3 Å². The van der Waals surface area contributed by atoms with Crippen molar-refractivity contribution in [1.82, 2.24) is 10.6 Å². The normalized spacial score (nSPS) is 16.1. The van der Waals surface area contributed by atoms with Crippen LogP contribution in [0.25, 0.3) is 0 Å². The van der Waals surface area contributed by atoms with Crippen LogP contribution in [0.5, 0.6) is 5.75 Å². The maximum absolute atomic E-state index is 10.9. The number of thiophene rings is 1. The number of rotatable bonds is 9. The third-order valence-corrected chi connectivity index (χ3v) is 6.61. The fourth-order valence-electron chi connectivity index (χ4n) is 3.97. The van der Waals surface area contributed by atoms with Crippen molar-refractivity contribution in [3.05, 3.63) is 52.2 Å². The van der Waals surface area contributed by atoms with E-state index in [0.29, 0.717) is 12.3 Å². The molecule has 1 saturated carbocycles. The van der Waals surface area contributed by atoms with Crippen LogP contribution in [-0.2, 0) is 16.8 Å². The number of guanidine groups is 1. The highest BCUT2D eigenvalue weighted by molar-refractivity contribution is 7.10. The van der Waals surface area contributed by atoms with Crippen LogP contribution in [0.1, 0.15) is 49.5 Å². The predicted molar refractivity (Wildman–Crippen MR) is 123 cm³/mol. The molecule has 30 heavy (non-hydrogen) atoms. The number of ether oxygens (including phenoxy) is 1. The van der Waals surface area contributed by atoms with Crippen molar-refractivity contribution in [3.63, 3.8) is 0 Å². The molecule has 1 aromatic heterocycles. The zero-order chi connectivity index (χ0) is 21.2. The molecule has 0 aliphatic heterocycles. The first kappa shape index (κ1) is 22.2. The highest BCUT2D eigenvalue weighted by Crippen LogP contribution is 2.41. The lowest BCUT2D eigenvalue weighted by atomic mass is 9.73. The third kappa shape index (κ3) is 6.23. The molecule has 0 atom stereocenters. The van der Waals surface area contributed by atoms with Crippen LogP contribution < -0.4 is 21.1 Å². The standard InChI is InChI=1S/C23H32N4O2S/c1-2-25-22(26-15-18-8-6-9-19(14-18)29-16-21(24)28)27-17-23(11-4-3-5-12-23)20-10-7-13-30-20/h6-10,13-14H,2-5,11-12,15-17H2,1H3,(H2,24,28)(H2,25,26,27). The zero-order valence-electron chi connectivity index (χ0n) is 17.7. The zero-order valence-corrected chi connectivity index (χ0v) is 18.5. The van der Waals surface area contributed by atoms with Gasteiger partial charge >= 0.3 is 0 Å². The van der Waals surface area contributed by atoms with Crippen LogP contribution in [0.4, 0.5) is 0 Å². The molecule has 7 heteroatoms. The lowest BCUT2D eigenvalue weighted by Gasteiger charge is -2.37. The van der Waals surface area contributed by atoms with Gasteiger partial charge in [0.15, 0.2) is 12.6 Å². The van der Waals surface area contributed by atoms with Gasteiger partial charge in [-0.05, 0) is 48.9 Å². The number of hydrogen-bond donors (Lipinski definition) is 3. The number of nitrogens with zero attached hydrogens (tertiary/aromatic N) is 1. The molecule has 162 valence electrons. The minimum absolute atomic E-state index is 0.123. The minimum atomic E-state index is -0.487. The van der Waals surface area contributed by atoms with Crippen LogP contribution in [0.2, 0.25) is 0 Å². The Morgan fingerprint density at radius 3 is 2.73 bits per heavy atom. The van der Waals surface area contributed by atoms with Gasteiger partial charge < -0.3 is 21.1 Å². The molecule has 3 rings (SSSR count). The van der Waals surface area contributed by atoms with E-state index in [9.17, 15) is 4.79 Å². The summed E-state index contributed by atoms with van der Waals surface area (Å²) in [4.78, 5) is 17.2. The van der Waals surface area contributed by atoms with Crippen molar-refractivity contribution < 1.29 is 9.53 Å². The number of benzene rings is 1. The van der Waals surface area contributed by atoms with Gasteiger partial charge in [0.25, 0.3) is 5.91 Å². The topological polar surface area (TPSA) is 88.7 Å². The van der Waals surface area contributed by atoms with Crippen LogP contribution in [0, 0.1) is 0 Å². The summed E-state index contributed by atoms with van der Waals surface area (Å²) >= 11 is 1.86. The molecule has 1 fully saturated rings. The number of hydrogen-bond acceptors (Lipinski definition) is 4. The molecular formula is C23H32N4O2S. The Morgan fingerprint density at radius 1 is 1.20 bits per heavy atom. The molecule has 4 N–H and O–H groups in total. The number of amides is 1. The lowest BCUT2D eigenvalue weighted by molar-refractivity contribution is -0.119. The average molecular weight is 429 g/mol. The highest BCUT2D eigenvalue weighted by Gasteiger charge is 2.34. The first-order valence-corrected chi connectivity index (χ1v) is 11.6. The summed E-state index contributed by atoms with van der Waals surface area (Å²) < 4.78 is 5.39. The van der Waals surface area contributed by atoms with Crippen molar-refractivity contribution >= 4 is 23.2 Å². The molecule has 0 radical (unpaired) electrons. The van der Waals surface area contributed by atoms with E-state index in [4.69, 9.17) is 15.5 Å². The van der Waals surface area contributed by atoms with Crippen LogP contribution in [0.15, 0.2) is 46.8 Å². The third-order valence-electron chi connectivity index (χ3n) is 5.49. The second-order valence-electron chi connectivity index (χ2n) is 7.77. The molecule has 1 aliphatic carbocycles. The lowest BCUT2D eigenvalue weighted by Crippen LogP contribution is -2.46. The van der Waals surface area contributed by atoms with E-state index in [2.05, 4.69) is 35.1 Å². The molecule has 6 nitrogen and oxygen atoms in total. The Labute approximate surface area is 182 Å². The van der Waals surface area contributed by atoms with E-state index >= 15 is 0 Å². The average Bonchev–Trinajstić information content (AvgIpc) is 3.31. The summed E-state index contributed by atoms with van der Waals surface area (Å²) in [5.74, 6) is 0.959. The Hall–Kier alpha value is -2.54. The van der Waals surface area contributed by atoms with E-state index in [0.717, 1.165) is 24.6 Å². The van der Waals surface area contributed by atoms with Crippen molar-refractivity contribution in [2.45, 2.75) is 51.0 Å². The van der Waals surface area contributed by atoms with Crippen molar-refractivity contribution in [2.75, 3.05) is 19.7 Å². The number of primary amides is 1. The van der Waals surface area contributed by atoms with Crippen molar-refractivity contribution in [3.8, 4) is 5.75 Å². The number of aliphatic imine (C=N–C) groups is 1. The van der Waals surface area contributed by atoms with Crippen molar-refractivity contribution in [1.29, 1.82) is 0 Å². The van der Waals surface area contributed by atoms with E-state index in [1.165, 1.54) is 37.0 Å². The van der Waals surface area contributed by atoms with Gasteiger partial charge in [-0.2, -0.15) is 0 Å². The molecule has 0 unspecified atom stereocenters. The molecule has 1 amide bonds. The number of carbonyl (C=O) groups excluding carboxylic acids is 1. The maximum atomic E-state index is 10.9. The second-order valence-corrected chi connectivity index (χ2v) is 8.72.